The van der Waals surface area contributed by atoms with Crippen LogP contribution in [0.4, 0.5) is 0 Å². The monoisotopic (exact) mass is 266 g/mol. The van der Waals surface area contributed by atoms with Gasteiger partial charge in [-0.25, -0.2) is 0 Å². The molecule has 2 unspecified atom stereocenters. The van der Waals surface area contributed by atoms with Crippen LogP contribution in [0.1, 0.15) is 72.1 Å². The van der Waals surface area contributed by atoms with E-state index in [0.29, 0.717) is 17.9 Å². The molecule has 1 aliphatic carbocycles. The van der Waals surface area contributed by atoms with Crippen molar-refractivity contribution >= 4 is 5.91 Å². The third-order valence-electron chi connectivity index (χ3n) is 4.73. The first-order chi connectivity index (χ1) is 9.15. The summed E-state index contributed by atoms with van der Waals surface area (Å²) in [4.78, 5) is 14.8. The van der Waals surface area contributed by atoms with Crippen molar-refractivity contribution < 1.29 is 4.79 Å². The van der Waals surface area contributed by atoms with Gasteiger partial charge in [-0.05, 0) is 25.2 Å². The van der Waals surface area contributed by atoms with Crippen LogP contribution in [0.15, 0.2) is 0 Å². The number of amides is 1. The summed E-state index contributed by atoms with van der Waals surface area (Å²) in [6, 6.07) is 0.530. The number of nitrogens with one attached hydrogen (secondary N) is 1. The van der Waals surface area contributed by atoms with Gasteiger partial charge in [0, 0.05) is 6.04 Å². The molecule has 2 aliphatic rings. The Kier molecular flexibility index (Phi) is 5.26. The molecule has 0 bridgehead atoms. The maximum absolute atomic E-state index is 12.6. The van der Waals surface area contributed by atoms with Gasteiger partial charge in [-0.1, -0.05) is 52.9 Å². The second-order valence-corrected chi connectivity index (χ2v) is 6.56. The van der Waals surface area contributed by atoms with Crippen molar-refractivity contribution in [1.82, 2.24) is 10.2 Å². The van der Waals surface area contributed by atoms with Gasteiger partial charge < -0.3 is 4.90 Å². The molecule has 2 fully saturated rings. The van der Waals surface area contributed by atoms with E-state index in [4.69, 9.17) is 0 Å². The molecule has 1 N–H and O–H groups in total. The van der Waals surface area contributed by atoms with Crippen molar-refractivity contribution in [2.75, 3.05) is 0 Å². The molecule has 3 heteroatoms. The quantitative estimate of drug-likeness (QED) is 0.850. The Morgan fingerprint density at radius 2 is 1.74 bits per heavy atom. The van der Waals surface area contributed by atoms with Crippen molar-refractivity contribution in [3.63, 3.8) is 0 Å². The van der Waals surface area contributed by atoms with E-state index in [-0.39, 0.29) is 12.2 Å². The van der Waals surface area contributed by atoms with E-state index in [1.807, 2.05) is 0 Å². The number of rotatable bonds is 3. The minimum absolute atomic E-state index is 0.0536. The van der Waals surface area contributed by atoms with Gasteiger partial charge in [0.05, 0.1) is 12.2 Å². The van der Waals surface area contributed by atoms with Crippen LogP contribution in [0, 0.1) is 5.92 Å². The molecule has 0 spiro atoms. The fourth-order valence-electron chi connectivity index (χ4n) is 3.60. The van der Waals surface area contributed by atoms with Crippen LogP contribution in [-0.2, 0) is 4.79 Å². The van der Waals surface area contributed by atoms with Crippen LogP contribution in [-0.4, -0.2) is 29.1 Å². The SMILES string of the molecule is CCC1NC(C(C)C)N(C2CCCCCCC2)C1=O. The van der Waals surface area contributed by atoms with Crippen LogP contribution >= 0.6 is 0 Å². The van der Waals surface area contributed by atoms with Crippen molar-refractivity contribution in [3.05, 3.63) is 0 Å². The normalized spacial score (nSPS) is 30.7. The summed E-state index contributed by atoms with van der Waals surface area (Å²) in [5.74, 6) is 0.845. The Morgan fingerprint density at radius 3 is 2.26 bits per heavy atom. The highest BCUT2D eigenvalue weighted by molar-refractivity contribution is 5.84. The third kappa shape index (κ3) is 3.31. The van der Waals surface area contributed by atoms with Gasteiger partial charge in [0.25, 0.3) is 0 Å². The molecule has 1 saturated heterocycles. The molecule has 0 aromatic rings. The number of nitrogens with zero attached hydrogens (tertiary/aromatic N) is 1. The minimum atomic E-state index is 0.0536. The molecule has 1 aliphatic heterocycles. The van der Waals surface area contributed by atoms with Gasteiger partial charge in [-0.2, -0.15) is 0 Å². The molecule has 0 aromatic heterocycles. The molecular formula is C16H30N2O. The van der Waals surface area contributed by atoms with Crippen LogP contribution in [0.5, 0.6) is 0 Å². The molecule has 0 radical (unpaired) electrons. The first-order valence-corrected chi connectivity index (χ1v) is 8.23. The van der Waals surface area contributed by atoms with Gasteiger partial charge in [0.1, 0.15) is 0 Å². The molecule has 3 nitrogen and oxygen atoms in total. The van der Waals surface area contributed by atoms with Crippen LogP contribution in [0.3, 0.4) is 0 Å². The summed E-state index contributed by atoms with van der Waals surface area (Å²) in [5, 5.41) is 3.55. The van der Waals surface area contributed by atoms with E-state index >= 15 is 0 Å². The summed E-state index contributed by atoms with van der Waals surface area (Å²) >= 11 is 0. The zero-order valence-electron chi connectivity index (χ0n) is 12.8. The lowest BCUT2D eigenvalue weighted by Gasteiger charge is -2.35. The van der Waals surface area contributed by atoms with E-state index in [1.54, 1.807) is 0 Å². The molecule has 2 atom stereocenters. The minimum Gasteiger partial charge on any atom is -0.323 e. The molecule has 0 aromatic carbocycles. The van der Waals surface area contributed by atoms with Gasteiger partial charge in [0.15, 0.2) is 0 Å². The van der Waals surface area contributed by atoms with E-state index < -0.39 is 0 Å². The van der Waals surface area contributed by atoms with Gasteiger partial charge in [-0.3, -0.25) is 10.1 Å². The molecule has 19 heavy (non-hydrogen) atoms. The van der Waals surface area contributed by atoms with Crippen molar-refractivity contribution in [1.29, 1.82) is 0 Å². The topological polar surface area (TPSA) is 32.3 Å². The number of carbonyl (C=O) groups is 1. The predicted octanol–water partition coefficient (Wildman–Crippen LogP) is 3.29. The summed E-state index contributed by atoms with van der Waals surface area (Å²) in [6.45, 7) is 6.55. The van der Waals surface area contributed by atoms with E-state index in [1.165, 1.54) is 44.9 Å². The second kappa shape index (κ2) is 6.74. The Hall–Kier alpha value is -0.570. The van der Waals surface area contributed by atoms with E-state index in [0.717, 1.165) is 6.42 Å². The highest BCUT2D eigenvalue weighted by atomic mass is 16.2. The Morgan fingerprint density at radius 1 is 1.16 bits per heavy atom. The molecule has 1 saturated carbocycles. The smallest absolute Gasteiger partial charge is 0.241 e. The molecule has 1 heterocycles. The molecule has 2 rings (SSSR count). The van der Waals surface area contributed by atoms with Crippen LogP contribution in [0.2, 0.25) is 0 Å². The number of hydrogen-bond donors (Lipinski definition) is 1. The number of hydrogen-bond acceptors (Lipinski definition) is 2. The van der Waals surface area contributed by atoms with E-state index in [9.17, 15) is 4.79 Å². The van der Waals surface area contributed by atoms with Gasteiger partial charge >= 0.3 is 0 Å². The zero-order chi connectivity index (χ0) is 13.8. The Bertz CT molecular complexity index is 295. The second-order valence-electron chi connectivity index (χ2n) is 6.56. The first kappa shape index (κ1) is 14.8. The molecule has 110 valence electrons. The summed E-state index contributed by atoms with van der Waals surface area (Å²) < 4.78 is 0. The molecule has 1 amide bonds. The first-order valence-electron chi connectivity index (χ1n) is 8.23. The lowest BCUT2D eigenvalue weighted by atomic mass is 9.94. The van der Waals surface area contributed by atoms with Gasteiger partial charge in [0.2, 0.25) is 5.91 Å². The van der Waals surface area contributed by atoms with Crippen LogP contribution < -0.4 is 5.32 Å². The maximum Gasteiger partial charge on any atom is 0.241 e. The summed E-state index contributed by atoms with van der Waals surface area (Å²) in [6.07, 6.45) is 10.2. The number of carbonyl (C=O) groups excluding carboxylic acids is 1. The largest absolute Gasteiger partial charge is 0.323 e. The maximum atomic E-state index is 12.6. The Labute approximate surface area is 118 Å². The lowest BCUT2D eigenvalue weighted by molar-refractivity contribution is -0.133. The fraction of sp³-hybridized carbons (Fsp3) is 0.938. The van der Waals surface area contributed by atoms with Crippen LogP contribution in [0.25, 0.3) is 0 Å². The highest BCUT2D eigenvalue weighted by Crippen LogP contribution is 2.28. The average Bonchev–Trinajstić information content (AvgIpc) is 2.66. The summed E-state index contributed by atoms with van der Waals surface area (Å²) in [5.41, 5.74) is 0. The zero-order valence-corrected chi connectivity index (χ0v) is 12.8. The fourth-order valence-corrected chi connectivity index (χ4v) is 3.60. The summed E-state index contributed by atoms with van der Waals surface area (Å²) in [7, 11) is 0. The third-order valence-corrected chi connectivity index (χ3v) is 4.73. The van der Waals surface area contributed by atoms with E-state index in [2.05, 4.69) is 31.0 Å². The van der Waals surface area contributed by atoms with Crippen molar-refractivity contribution in [3.8, 4) is 0 Å². The Balaban J connectivity index is 2.10. The lowest BCUT2D eigenvalue weighted by Crippen LogP contribution is -2.47. The van der Waals surface area contributed by atoms with Crippen molar-refractivity contribution in [2.45, 2.75) is 90.4 Å². The van der Waals surface area contributed by atoms with Gasteiger partial charge in [-0.15, -0.1) is 0 Å². The predicted molar refractivity (Wildman–Crippen MR) is 78.8 cm³/mol. The highest BCUT2D eigenvalue weighted by Gasteiger charge is 2.42. The standard InChI is InChI=1S/C16H30N2O/c1-4-14-16(19)18(15(17-14)12(2)3)13-10-8-6-5-7-9-11-13/h12-15,17H,4-11H2,1-3H3. The average molecular weight is 266 g/mol. The molecular weight excluding hydrogens is 236 g/mol. The van der Waals surface area contributed by atoms with Crippen molar-refractivity contribution in [2.24, 2.45) is 5.92 Å².